The van der Waals surface area contributed by atoms with Gasteiger partial charge in [-0.3, -0.25) is 9.69 Å². The molecule has 0 aliphatic carbocycles. The van der Waals surface area contributed by atoms with Gasteiger partial charge in [-0.05, 0) is 55.7 Å². The van der Waals surface area contributed by atoms with E-state index in [2.05, 4.69) is 17.4 Å². The second-order valence-corrected chi connectivity index (χ2v) is 9.33. The average molecular weight is 474 g/mol. The van der Waals surface area contributed by atoms with Crippen molar-refractivity contribution in [3.05, 3.63) is 58.8 Å². The zero-order chi connectivity index (χ0) is 24.1. The van der Waals surface area contributed by atoms with E-state index in [1.165, 1.54) is 29.8 Å². The molecule has 2 aromatic rings. The Hall–Kier alpha value is -2.58. The first kappa shape index (κ1) is 24.5. The summed E-state index contributed by atoms with van der Waals surface area (Å²) in [6, 6.07) is 9.02. The molecule has 2 aliphatic heterocycles. The molecule has 8 heteroatoms. The first-order valence-electron chi connectivity index (χ1n) is 12.1. The Balaban J connectivity index is 1.22. The second-order valence-electron chi connectivity index (χ2n) is 9.33. The van der Waals surface area contributed by atoms with E-state index in [9.17, 15) is 18.7 Å². The van der Waals surface area contributed by atoms with Gasteiger partial charge in [-0.2, -0.15) is 0 Å². The molecule has 34 heavy (non-hydrogen) atoms. The molecule has 2 N–H and O–H groups in total. The Morgan fingerprint density at radius 1 is 1.26 bits per heavy atom. The van der Waals surface area contributed by atoms with Crippen LogP contribution in [0.3, 0.4) is 0 Å². The van der Waals surface area contributed by atoms with E-state index in [1.807, 2.05) is 4.90 Å². The first-order chi connectivity index (χ1) is 16.3. The minimum Gasteiger partial charge on any atom is -0.480 e. The highest BCUT2D eigenvalue weighted by Gasteiger charge is 2.34. The van der Waals surface area contributed by atoms with Crippen molar-refractivity contribution in [3.63, 3.8) is 0 Å². The summed E-state index contributed by atoms with van der Waals surface area (Å²) in [6.07, 6.45) is 5.78. The van der Waals surface area contributed by atoms with Crippen LogP contribution in [0.2, 0.25) is 0 Å². The van der Waals surface area contributed by atoms with E-state index in [0.717, 1.165) is 63.5 Å². The Labute approximate surface area is 199 Å². The van der Waals surface area contributed by atoms with Gasteiger partial charge in [-0.15, -0.1) is 0 Å². The summed E-state index contributed by atoms with van der Waals surface area (Å²) in [5, 5.41) is 13.2. The molecule has 3 heterocycles. The van der Waals surface area contributed by atoms with Crippen LogP contribution in [0.4, 0.5) is 14.6 Å². The van der Waals surface area contributed by atoms with Gasteiger partial charge in [-0.25, -0.2) is 13.8 Å². The van der Waals surface area contributed by atoms with Gasteiger partial charge in [0.15, 0.2) is 0 Å². The third kappa shape index (κ3) is 6.10. The van der Waals surface area contributed by atoms with Crippen molar-refractivity contribution in [1.29, 1.82) is 0 Å². The second kappa shape index (κ2) is 10.8. The van der Waals surface area contributed by atoms with E-state index in [-0.39, 0.29) is 11.7 Å². The standard InChI is InChI=1S/C26H33F2N3O3/c1-26(27,28)20-10-7-18(8-11-20)23(25(32)33)31-15-13-22(17-31)34-16-3-2-6-21-12-9-19-5-4-14-29-24(19)30-21/h7-12,22-23H,2-6,13-17H2,1H3,(H,29,30)(H,32,33)/t22-,23+/m1/s1. The molecule has 0 saturated carbocycles. The highest BCUT2D eigenvalue weighted by atomic mass is 19.3. The summed E-state index contributed by atoms with van der Waals surface area (Å²) in [7, 11) is 0. The van der Waals surface area contributed by atoms with Crippen LogP contribution in [0, 0.1) is 0 Å². The van der Waals surface area contributed by atoms with Gasteiger partial charge in [0.2, 0.25) is 0 Å². The van der Waals surface area contributed by atoms with Crippen molar-refractivity contribution >= 4 is 11.8 Å². The first-order valence-corrected chi connectivity index (χ1v) is 12.1. The van der Waals surface area contributed by atoms with Crippen LogP contribution in [0.1, 0.15) is 61.0 Å². The highest BCUT2D eigenvalue weighted by molar-refractivity contribution is 5.75. The number of fused-ring (bicyclic) bond motifs is 1. The number of likely N-dealkylation sites (tertiary alicyclic amines) is 1. The van der Waals surface area contributed by atoms with Crippen LogP contribution < -0.4 is 5.32 Å². The number of halogens is 2. The largest absolute Gasteiger partial charge is 0.480 e. The molecule has 1 aromatic heterocycles. The monoisotopic (exact) mass is 473 g/mol. The molecular weight excluding hydrogens is 440 g/mol. The Bertz CT molecular complexity index is 978. The number of hydrogen-bond donors (Lipinski definition) is 2. The summed E-state index contributed by atoms with van der Waals surface area (Å²) in [5.74, 6) is -2.91. The fourth-order valence-electron chi connectivity index (χ4n) is 4.76. The lowest BCUT2D eigenvalue weighted by molar-refractivity contribution is -0.143. The molecule has 4 rings (SSSR count). The summed E-state index contributed by atoms with van der Waals surface area (Å²) >= 11 is 0. The van der Waals surface area contributed by atoms with Gasteiger partial charge in [0, 0.05) is 44.4 Å². The maximum absolute atomic E-state index is 13.5. The fraction of sp³-hybridized carbons (Fsp3) is 0.538. The van der Waals surface area contributed by atoms with Crippen LogP contribution >= 0.6 is 0 Å². The van der Waals surface area contributed by atoms with Crippen molar-refractivity contribution in [3.8, 4) is 0 Å². The number of ether oxygens (including phenoxy) is 1. The predicted molar refractivity (Wildman–Crippen MR) is 126 cm³/mol. The number of hydrogen-bond acceptors (Lipinski definition) is 5. The van der Waals surface area contributed by atoms with Crippen molar-refractivity contribution in [2.75, 3.05) is 31.6 Å². The van der Waals surface area contributed by atoms with Crippen molar-refractivity contribution in [1.82, 2.24) is 9.88 Å². The average Bonchev–Trinajstić information content (AvgIpc) is 3.26. The number of alkyl halides is 2. The van der Waals surface area contributed by atoms with E-state index in [1.54, 1.807) is 0 Å². The highest BCUT2D eigenvalue weighted by Crippen LogP contribution is 2.31. The topological polar surface area (TPSA) is 74.7 Å². The molecule has 2 atom stereocenters. The number of unbranched alkanes of at least 4 members (excludes halogenated alkanes) is 1. The van der Waals surface area contributed by atoms with E-state index < -0.39 is 17.9 Å². The van der Waals surface area contributed by atoms with Crippen molar-refractivity contribution < 1.29 is 23.4 Å². The lowest BCUT2D eigenvalue weighted by Crippen LogP contribution is -2.33. The molecule has 184 valence electrons. The molecule has 0 amide bonds. The van der Waals surface area contributed by atoms with Gasteiger partial charge >= 0.3 is 5.97 Å². The number of anilines is 1. The Kier molecular flexibility index (Phi) is 7.78. The number of carbonyl (C=O) groups is 1. The normalized spacial score (nSPS) is 19.4. The van der Waals surface area contributed by atoms with Gasteiger partial charge in [-0.1, -0.05) is 30.3 Å². The summed E-state index contributed by atoms with van der Waals surface area (Å²) in [6.45, 7) is 3.55. The minimum atomic E-state index is -2.95. The van der Waals surface area contributed by atoms with Gasteiger partial charge in [0.25, 0.3) is 5.92 Å². The number of benzene rings is 1. The van der Waals surface area contributed by atoms with Crippen LogP contribution in [-0.4, -0.2) is 53.3 Å². The SMILES string of the molecule is CC(F)(F)c1ccc([C@@H](C(=O)O)N2CC[C@@H](OCCCCc3ccc4c(n3)NCCC4)C2)cc1. The maximum Gasteiger partial charge on any atom is 0.325 e. The zero-order valence-electron chi connectivity index (χ0n) is 19.6. The number of pyridine rings is 1. The molecule has 0 unspecified atom stereocenters. The van der Waals surface area contributed by atoms with Gasteiger partial charge in [0.1, 0.15) is 11.9 Å². The molecule has 1 saturated heterocycles. The van der Waals surface area contributed by atoms with E-state index in [4.69, 9.17) is 9.72 Å². The predicted octanol–water partition coefficient (Wildman–Crippen LogP) is 4.79. The van der Waals surface area contributed by atoms with E-state index >= 15 is 0 Å². The van der Waals surface area contributed by atoms with Gasteiger partial charge in [0.05, 0.1) is 6.10 Å². The molecule has 1 aromatic carbocycles. The third-order valence-corrected chi connectivity index (χ3v) is 6.64. The number of aliphatic carboxylic acids is 1. The number of aromatic nitrogens is 1. The maximum atomic E-state index is 13.5. The molecule has 0 bridgehead atoms. The third-order valence-electron chi connectivity index (χ3n) is 6.64. The zero-order valence-corrected chi connectivity index (χ0v) is 19.6. The number of nitrogens with zero attached hydrogens (tertiary/aromatic N) is 2. The quantitative estimate of drug-likeness (QED) is 0.484. The molecule has 6 nitrogen and oxygen atoms in total. The number of carboxylic acids is 1. The van der Waals surface area contributed by atoms with Crippen LogP contribution in [0.5, 0.6) is 0 Å². The summed E-state index contributed by atoms with van der Waals surface area (Å²) in [4.78, 5) is 18.5. The van der Waals surface area contributed by atoms with Crippen LogP contribution in [0.15, 0.2) is 36.4 Å². The molecule has 1 fully saturated rings. The lowest BCUT2D eigenvalue weighted by Gasteiger charge is -2.25. The minimum absolute atomic E-state index is 0.0211. The van der Waals surface area contributed by atoms with E-state index in [0.29, 0.717) is 25.3 Å². The van der Waals surface area contributed by atoms with Crippen molar-refractivity contribution in [2.24, 2.45) is 0 Å². The van der Waals surface area contributed by atoms with Gasteiger partial charge < -0.3 is 15.2 Å². The number of carboxylic acid groups (broad SMARTS) is 1. The molecule has 2 aliphatic rings. The van der Waals surface area contributed by atoms with Crippen LogP contribution in [-0.2, 0) is 28.3 Å². The smallest absolute Gasteiger partial charge is 0.325 e. The number of nitrogens with one attached hydrogen (secondary N) is 1. The molecular formula is C26H33F2N3O3. The van der Waals surface area contributed by atoms with Crippen molar-refractivity contribution in [2.45, 2.75) is 63.5 Å². The fourth-order valence-corrected chi connectivity index (χ4v) is 4.76. The summed E-state index contributed by atoms with van der Waals surface area (Å²) in [5.41, 5.74) is 2.78. The lowest BCUT2D eigenvalue weighted by atomic mass is 10.0. The number of rotatable bonds is 10. The molecule has 0 radical (unpaired) electrons. The molecule has 0 spiro atoms. The van der Waals surface area contributed by atoms with Crippen LogP contribution in [0.25, 0.3) is 0 Å². The number of aryl methyl sites for hydroxylation is 2. The summed E-state index contributed by atoms with van der Waals surface area (Å²) < 4.78 is 33.0. The Morgan fingerprint density at radius 2 is 2.06 bits per heavy atom. The Morgan fingerprint density at radius 3 is 2.79 bits per heavy atom.